The van der Waals surface area contributed by atoms with Gasteiger partial charge in [-0.1, -0.05) is 37.8 Å². The number of tetrazole rings is 1. The van der Waals surface area contributed by atoms with Crippen molar-refractivity contribution < 1.29 is 0 Å². The minimum atomic E-state index is -0.298. The average Bonchev–Trinajstić information content (AvgIpc) is 3.36. The number of aromatic amines is 1. The Morgan fingerprint density at radius 1 is 1.06 bits per heavy atom. The van der Waals surface area contributed by atoms with Crippen molar-refractivity contribution in [2.45, 2.75) is 90.8 Å². The van der Waals surface area contributed by atoms with E-state index >= 15 is 0 Å². The molecule has 1 aliphatic carbocycles. The summed E-state index contributed by atoms with van der Waals surface area (Å²) in [6.45, 7) is 14.4. The van der Waals surface area contributed by atoms with Gasteiger partial charge < -0.3 is 4.98 Å². The third-order valence-corrected chi connectivity index (χ3v) is 8.60. The van der Waals surface area contributed by atoms with Crippen LogP contribution < -0.4 is 5.56 Å². The number of hydrogen-bond donors (Lipinski definition) is 1. The van der Waals surface area contributed by atoms with Crippen molar-refractivity contribution >= 4 is 10.9 Å². The highest BCUT2D eigenvalue weighted by Crippen LogP contribution is 2.32. The van der Waals surface area contributed by atoms with E-state index in [2.05, 4.69) is 83.1 Å². The van der Waals surface area contributed by atoms with Crippen molar-refractivity contribution in [2.75, 3.05) is 26.2 Å². The minimum Gasteiger partial charge on any atom is -0.321 e. The zero-order valence-electron chi connectivity index (χ0n) is 22.5. The monoisotopic (exact) mass is 491 g/mol. The van der Waals surface area contributed by atoms with Crippen LogP contribution in [0.3, 0.4) is 0 Å². The van der Waals surface area contributed by atoms with Crippen molar-refractivity contribution in [2.24, 2.45) is 0 Å². The average molecular weight is 492 g/mol. The van der Waals surface area contributed by atoms with Crippen LogP contribution in [0.5, 0.6) is 0 Å². The Kier molecular flexibility index (Phi) is 7.01. The van der Waals surface area contributed by atoms with E-state index in [0.29, 0.717) is 6.04 Å². The number of aromatic nitrogens is 5. The van der Waals surface area contributed by atoms with Gasteiger partial charge in [-0.3, -0.25) is 14.6 Å². The van der Waals surface area contributed by atoms with Crippen LogP contribution in [0.2, 0.25) is 0 Å². The molecule has 0 unspecified atom stereocenters. The second kappa shape index (κ2) is 10.1. The van der Waals surface area contributed by atoms with E-state index < -0.39 is 0 Å². The predicted octanol–water partition coefficient (Wildman–Crippen LogP) is 4.32. The van der Waals surface area contributed by atoms with Crippen LogP contribution >= 0.6 is 0 Å². The molecule has 0 radical (unpaired) electrons. The molecule has 1 saturated heterocycles. The standard InChI is InChI=1S/C28H41N7O/c1-6-28(4,5)35-26(30-31-32-35)25(34-14-12-33(13-15-34)22-10-8-7-9-11-22)23-18-21-17-19(2)16-20(3)24(21)29-27(23)36/h16-18,22,25H,6-15H2,1-5H3,(H,29,36)/t25-/m1/s1. The molecule has 8 heteroatoms. The van der Waals surface area contributed by atoms with Gasteiger partial charge in [0.25, 0.3) is 5.56 Å². The molecule has 36 heavy (non-hydrogen) atoms. The van der Waals surface area contributed by atoms with Crippen molar-refractivity contribution in [3.05, 3.63) is 51.1 Å². The molecule has 194 valence electrons. The van der Waals surface area contributed by atoms with Gasteiger partial charge in [0.2, 0.25) is 0 Å². The lowest BCUT2D eigenvalue weighted by molar-refractivity contribution is 0.0603. The number of piperazine rings is 1. The first-order chi connectivity index (χ1) is 17.3. The molecular formula is C28H41N7O. The van der Waals surface area contributed by atoms with Gasteiger partial charge in [0.05, 0.1) is 11.1 Å². The van der Waals surface area contributed by atoms with E-state index in [4.69, 9.17) is 0 Å². The van der Waals surface area contributed by atoms with E-state index in [9.17, 15) is 4.79 Å². The molecule has 1 saturated carbocycles. The summed E-state index contributed by atoms with van der Waals surface area (Å²) in [4.78, 5) is 21.9. The Morgan fingerprint density at radius 3 is 2.47 bits per heavy atom. The fourth-order valence-electron chi connectivity index (χ4n) is 6.16. The maximum atomic E-state index is 13.6. The summed E-state index contributed by atoms with van der Waals surface area (Å²) in [6, 6.07) is 6.75. The lowest BCUT2D eigenvalue weighted by Crippen LogP contribution is -2.52. The number of nitrogens with one attached hydrogen (secondary N) is 1. The molecule has 1 atom stereocenters. The van der Waals surface area contributed by atoms with Crippen LogP contribution in [-0.4, -0.2) is 67.2 Å². The molecule has 2 aromatic heterocycles. The third-order valence-electron chi connectivity index (χ3n) is 8.60. The molecule has 1 aromatic carbocycles. The summed E-state index contributed by atoms with van der Waals surface area (Å²) in [7, 11) is 0. The summed E-state index contributed by atoms with van der Waals surface area (Å²) in [6.07, 6.45) is 7.59. The van der Waals surface area contributed by atoms with Crippen molar-refractivity contribution in [1.82, 2.24) is 35.0 Å². The van der Waals surface area contributed by atoms with Crippen LogP contribution in [0.1, 0.15) is 87.9 Å². The molecule has 0 bridgehead atoms. The quantitative estimate of drug-likeness (QED) is 0.553. The lowest BCUT2D eigenvalue weighted by Gasteiger charge is -2.43. The van der Waals surface area contributed by atoms with Gasteiger partial charge in [-0.25, -0.2) is 4.68 Å². The van der Waals surface area contributed by atoms with Crippen LogP contribution in [0, 0.1) is 13.8 Å². The maximum Gasteiger partial charge on any atom is 0.253 e. The SMILES string of the molecule is CCC(C)(C)n1nnnc1[C@@H](c1cc2cc(C)cc(C)c2[nH]c1=O)N1CCN(C2CCCCC2)CC1. The molecule has 2 aliphatic rings. The second-order valence-electron chi connectivity index (χ2n) is 11.5. The zero-order chi connectivity index (χ0) is 25.4. The maximum absolute atomic E-state index is 13.6. The highest BCUT2D eigenvalue weighted by atomic mass is 16.1. The van der Waals surface area contributed by atoms with Crippen LogP contribution in [0.25, 0.3) is 10.9 Å². The Hall–Kier alpha value is -2.58. The van der Waals surface area contributed by atoms with Gasteiger partial charge in [-0.2, -0.15) is 0 Å². The molecule has 1 N–H and O–H groups in total. The molecule has 8 nitrogen and oxygen atoms in total. The number of rotatable bonds is 6. The van der Waals surface area contributed by atoms with Gasteiger partial charge in [-0.05, 0) is 80.5 Å². The molecule has 0 amide bonds. The largest absolute Gasteiger partial charge is 0.321 e. The number of hydrogen-bond acceptors (Lipinski definition) is 6. The topological polar surface area (TPSA) is 82.9 Å². The Balaban J connectivity index is 1.56. The zero-order valence-corrected chi connectivity index (χ0v) is 22.5. The number of nitrogens with zero attached hydrogens (tertiary/aromatic N) is 6. The lowest BCUT2D eigenvalue weighted by atomic mass is 9.93. The van der Waals surface area contributed by atoms with E-state index in [1.807, 2.05) is 4.68 Å². The number of benzene rings is 1. The van der Waals surface area contributed by atoms with Gasteiger partial charge in [0.15, 0.2) is 5.82 Å². The molecular weight excluding hydrogens is 450 g/mol. The summed E-state index contributed by atoms with van der Waals surface area (Å²) in [5, 5.41) is 14.1. The fraction of sp³-hybridized carbons (Fsp3) is 0.643. The number of pyridine rings is 1. The molecule has 2 fully saturated rings. The summed E-state index contributed by atoms with van der Waals surface area (Å²) < 4.78 is 1.94. The molecule has 0 spiro atoms. The van der Waals surface area contributed by atoms with Crippen molar-refractivity contribution in [3.63, 3.8) is 0 Å². The van der Waals surface area contributed by atoms with Gasteiger partial charge in [0, 0.05) is 37.8 Å². The van der Waals surface area contributed by atoms with Crippen molar-refractivity contribution in [3.8, 4) is 0 Å². The van der Waals surface area contributed by atoms with Crippen LogP contribution in [-0.2, 0) is 5.54 Å². The van der Waals surface area contributed by atoms with Gasteiger partial charge >= 0.3 is 0 Å². The smallest absolute Gasteiger partial charge is 0.253 e. The predicted molar refractivity (Wildman–Crippen MR) is 143 cm³/mol. The van der Waals surface area contributed by atoms with E-state index in [1.54, 1.807) is 0 Å². The first-order valence-corrected chi connectivity index (χ1v) is 13.7. The molecule has 3 aromatic rings. The highest BCUT2D eigenvalue weighted by Gasteiger charge is 2.36. The molecule has 3 heterocycles. The fourth-order valence-corrected chi connectivity index (χ4v) is 6.16. The molecule has 1 aliphatic heterocycles. The third kappa shape index (κ3) is 4.73. The Morgan fingerprint density at radius 2 is 1.78 bits per heavy atom. The number of H-pyrrole nitrogens is 1. The van der Waals surface area contributed by atoms with E-state index in [1.165, 1.54) is 37.7 Å². The first-order valence-electron chi connectivity index (χ1n) is 13.7. The first kappa shape index (κ1) is 25.1. The summed E-state index contributed by atoms with van der Waals surface area (Å²) >= 11 is 0. The minimum absolute atomic E-state index is 0.0574. The second-order valence-corrected chi connectivity index (χ2v) is 11.5. The number of aryl methyl sites for hydroxylation is 2. The number of fused-ring (bicyclic) bond motifs is 1. The van der Waals surface area contributed by atoms with Crippen molar-refractivity contribution in [1.29, 1.82) is 0 Å². The highest BCUT2D eigenvalue weighted by molar-refractivity contribution is 5.83. The van der Waals surface area contributed by atoms with Crippen LogP contribution in [0.4, 0.5) is 0 Å². The van der Waals surface area contributed by atoms with E-state index in [-0.39, 0.29) is 17.1 Å². The molecule has 5 rings (SSSR count). The summed E-state index contributed by atoms with van der Waals surface area (Å²) in [5.41, 5.74) is 3.59. The summed E-state index contributed by atoms with van der Waals surface area (Å²) in [5.74, 6) is 0.752. The van der Waals surface area contributed by atoms with Crippen LogP contribution in [0.15, 0.2) is 23.0 Å². The van der Waals surface area contributed by atoms with Gasteiger partial charge in [0.1, 0.15) is 6.04 Å². The van der Waals surface area contributed by atoms with Gasteiger partial charge in [-0.15, -0.1) is 5.10 Å². The Bertz CT molecular complexity index is 1260. The van der Waals surface area contributed by atoms with E-state index in [0.717, 1.165) is 60.5 Å². The Labute approximate surface area is 214 Å². The normalized spacial score (nSPS) is 19.7.